The first-order valence-corrected chi connectivity index (χ1v) is 7.51. The summed E-state index contributed by atoms with van der Waals surface area (Å²) < 4.78 is 6.46. The maximum Gasteiger partial charge on any atom is 0.269 e. The Kier molecular flexibility index (Phi) is 6.96. The second kappa shape index (κ2) is 8.48. The molecule has 0 spiro atoms. The van der Waals surface area contributed by atoms with Crippen LogP contribution < -0.4 is 27.3 Å². The van der Waals surface area contributed by atoms with Crippen molar-refractivity contribution in [3.05, 3.63) is 23.3 Å². The van der Waals surface area contributed by atoms with Crippen molar-refractivity contribution in [1.82, 2.24) is 10.9 Å². The first-order valence-electron chi connectivity index (χ1n) is 7.51. The summed E-state index contributed by atoms with van der Waals surface area (Å²) in [6.45, 7) is 1.34. The average Bonchev–Trinajstić information content (AvgIpc) is 2.52. The fraction of sp³-hybridized carbons (Fsp3) is 0.467. The number of unbranched alkanes of at least 4 members (excludes halogenated alkanes) is 1. The number of phenols is 1. The van der Waals surface area contributed by atoms with Gasteiger partial charge in [0, 0.05) is 0 Å². The Bertz CT molecular complexity index is 598. The molecule has 1 aromatic rings. The normalized spacial score (nSPS) is 11.0. The largest absolute Gasteiger partial charge is 0.507 e. The molecule has 134 valence electrons. The van der Waals surface area contributed by atoms with Crippen molar-refractivity contribution in [1.29, 1.82) is 0 Å². The van der Waals surface area contributed by atoms with Gasteiger partial charge in [0.05, 0.1) is 45.4 Å². The third-order valence-electron chi connectivity index (χ3n) is 3.33. The predicted molar refractivity (Wildman–Crippen MR) is 89.0 cm³/mol. The molecular weight excluding hydrogens is 314 g/mol. The van der Waals surface area contributed by atoms with E-state index in [-0.39, 0.29) is 16.9 Å². The Labute approximate surface area is 141 Å². The van der Waals surface area contributed by atoms with Crippen LogP contribution in [0.2, 0.25) is 0 Å². The van der Waals surface area contributed by atoms with Crippen LogP contribution in [0.3, 0.4) is 0 Å². The highest BCUT2D eigenvalue weighted by atomic mass is 16.5. The van der Waals surface area contributed by atoms with Gasteiger partial charge in [-0.2, -0.15) is 0 Å². The summed E-state index contributed by atoms with van der Waals surface area (Å²) in [4.78, 5) is 23.4. The van der Waals surface area contributed by atoms with Crippen molar-refractivity contribution in [2.24, 2.45) is 11.7 Å². The lowest BCUT2D eigenvalue weighted by Crippen LogP contribution is -2.35. The van der Waals surface area contributed by atoms with E-state index in [2.05, 4.69) is 21.1 Å². The van der Waals surface area contributed by atoms with Crippen molar-refractivity contribution in [3.8, 4) is 11.5 Å². The summed E-state index contributed by atoms with van der Waals surface area (Å²) in [7, 11) is 6.30. The molecule has 0 fully saturated rings. The maximum atomic E-state index is 11.8. The van der Waals surface area contributed by atoms with Crippen LogP contribution in [0, 0.1) is 0 Å². The van der Waals surface area contributed by atoms with Gasteiger partial charge in [0.15, 0.2) is 0 Å². The molecule has 0 aliphatic heterocycles. The molecule has 0 radical (unpaired) electrons. The molecule has 1 rings (SSSR count). The zero-order valence-corrected chi connectivity index (χ0v) is 14.3. The molecule has 0 heterocycles. The van der Waals surface area contributed by atoms with E-state index < -0.39 is 17.6 Å². The smallest absolute Gasteiger partial charge is 0.269 e. The number of quaternary nitrogens is 1. The number of hydrogen-bond acceptors (Lipinski definition) is 6. The second-order valence-electron chi connectivity index (χ2n) is 6.38. The first kappa shape index (κ1) is 19.7. The SMILES string of the molecule is C[N+](C)(C)CCCCOc1cc(C(=O)NN)c(O)cc1C(=O)NN. The van der Waals surface area contributed by atoms with Crippen molar-refractivity contribution in [2.75, 3.05) is 34.3 Å². The summed E-state index contributed by atoms with van der Waals surface area (Å²) in [6.07, 6.45) is 1.72. The first-order chi connectivity index (χ1) is 11.2. The third-order valence-corrected chi connectivity index (χ3v) is 3.33. The van der Waals surface area contributed by atoms with E-state index in [0.717, 1.165) is 29.9 Å². The van der Waals surface area contributed by atoms with E-state index in [1.807, 2.05) is 10.9 Å². The van der Waals surface area contributed by atoms with Gasteiger partial charge in [0.25, 0.3) is 11.8 Å². The highest BCUT2D eigenvalue weighted by molar-refractivity contribution is 6.01. The predicted octanol–water partition coefficient (Wildman–Crippen LogP) is -0.536. The molecule has 9 heteroatoms. The van der Waals surface area contributed by atoms with E-state index in [1.165, 1.54) is 6.07 Å². The number of ether oxygens (including phenoxy) is 1. The molecule has 2 amide bonds. The molecule has 0 atom stereocenters. The number of nitrogen functional groups attached to an aromatic ring is 2. The number of nitrogens with one attached hydrogen (secondary N) is 2. The van der Waals surface area contributed by atoms with Crippen LogP contribution >= 0.6 is 0 Å². The van der Waals surface area contributed by atoms with Crippen LogP contribution in [0.15, 0.2) is 12.1 Å². The van der Waals surface area contributed by atoms with Gasteiger partial charge in [0.1, 0.15) is 11.5 Å². The van der Waals surface area contributed by atoms with Crippen LogP contribution in [0.25, 0.3) is 0 Å². The second-order valence-corrected chi connectivity index (χ2v) is 6.38. The summed E-state index contributed by atoms with van der Waals surface area (Å²) >= 11 is 0. The van der Waals surface area contributed by atoms with Gasteiger partial charge in [-0.1, -0.05) is 0 Å². The van der Waals surface area contributed by atoms with Crippen molar-refractivity contribution in [3.63, 3.8) is 0 Å². The zero-order chi connectivity index (χ0) is 18.3. The number of nitrogens with zero attached hydrogens (tertiary/aromatic N) is 1. The molecule has 1 aromatic carbocycles. The third kappa shape index (κ3) is 5.69. The average molecular weight is 340 g/mol. The molecule has 0 aromatic heterocycles. The lowest BCUT2D eigenvalue weighted by molar-refractivity contribution is -0.870. The minimum absolute atomic E-state index is 0.0372. The number of nitrogens with two attached hydrogens (primary N) is 2. The van der Waals surface area contributed by atoms with Crippen LogP contribution in [-0.2, 0) is 0 Å². The lowest BCUT2D eigenvalue weighted by atomic mass is 10.1. The summed E-state index contributed by atoms with van der Waals surface area (Å²) in [5.41, 5.74) is 3.85. The molecule has 9 nitrogen and oxygen atoms in total. The molecule has 0 saturated heterocycles. The summed E-state index contributed by atoms with van der Waals surface area (Å²) in [5, 5.41) is 9.87. The molecule has 0 aliphatic rings. The highest BCUT2D eigenvalue weighted by Crippen LogP contribution is 2.28. The number of hydrogen-bond donors (Lipinski definition) is 5. The summed E-state index contributed by atoms with van der Waals surface area (Å²) in [5.74, 6) is 8.64. The number of phenolic OH excluding ortho intramolecular Hbond substituents is 1. The zero-order valence-electron chi connectivity index (χ0n) is 14.3. The monoisotopic (exact) mass is 340 g/mol. The number of hydrazine groups is 2. The lowest BCUT2D eigenvalue weighted by Gasteiger charge is -2.23. The summed E-state index contributed by atoms with van der Waals surface area (Å²) in [6, 6.07) is 2.38. The van der Waals surface area contributed by atoms with Crippen LogP contribution in [0.5, 0.6) is 11.5 Å². The minimum Gasteiger partial charge on any atom is -0.507 e. The van der Waals surface area contributed by atoms with Crippen LogP contribution in [0.1, 0.15) is 33.6 Å². The van der Waals surface area contributed by atoms with Gasteiger partial charge in [0.2, 0.25) is 0 Å². The number of rotatable bonds is 8. The van der Waals surface area contributed by atoms with E-state index in [9.17, 15) is 14.7 Å². The van der Waals surface area contributed by atoms with Gasteiger partial charge in [-0.25, -0.2) is 11.7 Å². The number of aromatic hydroxyl groups is 1. The minimum atomic E-state index is -0.693. The number of carbonyl (C=O) groups is 2. The highest BCUT2D eigenvalue weighted by Gasteiger charge is 2.19. The molecule has 7 N–H and O–H groups in total. The van der Waals surface area contributed by atoms with E-state index in [0.29, 0.717) is 6.61 Å². The number of benzene rings is 1. The van der Waals surface area contributed by atoms with E-state index in [1.54, 1.807) is 0 Å². The number of carbonyl (C=O) groups excluding carboxylic acids is 2. The van der Waals surface area contributed by atoms with Gasteiger partial charge >= 0.3 is 0 Å². The van der Waals surface area contributed by atoms with Gasteiger partial charge in [-0.15, -0.1) is 0 Å². The van der Waals surface area contributed by atoms with Crippen molar-refractivity contribution >= 4 is 11.8 Å². The Hall–Kier alpha value is -2.36. The Balaban J connectivity index is 2.89. The topological polar surface area (TPSA) is 140 Å². The maximum absolute atomic E-state index is 11.8. The quantitative estimate of drug-likeness (QED) is 0.142. The van der Waals surface area contributed by atoms with Gasteiger partial charge < -0.3 is 14.3 Å². The molecule has 0 bridgehead atoms. The Morgan fingerprint density at radius 3 is 2.21 bits per heavy atom. The Morgan fingerprint density at radius 2 is 1.67 bits per heavy atom. The van der Waals surface area contributed by atoms with Crippen molar-refractivity contribution < 1.29 is 23.9 Å². The molecule has 0 saturated carbocycles. The van der Waals surface area contributed by atoms with Gasteiger partial charge in [-0.3, -0.25) is 20.4 Å². The van der Waals surface area contributed by atoms with E-state index >= 15 is 0 Å². The van der Waals surface area contributed by atoms with Crippen LogP contribution in [-0.4, -0.2) is 55.7 Å². The fourth-order valence-electron chi connectivity index (χ4n) is 2.07. The van der Waals surface area contributed by atoms with Gasteiger partial charge in [-0.05, 0) is 25.0 Å². The molecule has 0 aliphatic carbocycles. The Morgan fingerprint density at radius 1 is 1.08 bits per heavy atom. The number of amides is 2. The fourth-order valence-corrected chi connectivity index (χ4v) is 2.07. The standard InChI is InChI=1S/C15H25N5O4/c1-20(2,3)6-4-5-7-24-13-9-10(14(22)18-16)12(21)8-11(13)15(23)19-17/h8-9H,4-7H2,1-3H3,(H6-,16,17,18,19,21,22,23)/p+1. The van der Waals surface area contributed by atoms with Crippen molar-refractivity contribution in [2.45, 2.75) is 12.8 Å². The molecular formula is C15H26N5O4+. The molecule has 0 unspecified atom stereocenters. The van der Waals surface area contributed by atoms with E-state index in [4.69, 9.17) is 16.4 Å². The van der Waals surface area contributed by atoms with Crippen LogP contribution in [0.4, 0.5) is 0 Å². The molecule has 24 heavy (non-hydrogen) atoms.